The average Bonchev–Trinajstić information content (AvgIpc) is 2.77. The third kappa shape index (κ3) is 1.83. The molecule has 3 heteroatoms. The van der Waals surface area contributed by atoms with Gasteiger partial charge in [0.25, 0.3) is 0 Å². The predicted molar refractivity (Wildman–Crippen MR) is 78.5 cm³/mol. The lowest BCUT2D eigenvalue weighted by atomic mass is 10.0. The Morgan fingerprint density at radius 1 is 1.16 bits per heavy atom. The number of rotatable bonds is 2. The van der Waals surface area contributed by atoms with E-state index in [4.69, 9.17) is 10.5 Å². The van der Waals surface area contributed by atoms with Gasteiger partial charge in [-0.3, -0.25) is 0 Å². The summed E-state index contributed by atoms with van der Waals surface area (Å²) >= 11 is 0. The highest BCUT2D eigenvalue weighted by Gasteiger charge is 2.10. The van der Waals surface area contributed by atoms with E-state index in [0.29, 0.717) is 0 Å². The molecule has 3 aromatic rings. The number of methoxy groups -OCH3 is 1. The van der Waals surface area contributed by atoms with Crippen LogP contribution in [0.25, 0.3) is 16.6 Å². The number of aromatic nitrogens is 1. The van der Waals surface area contributed by atoms with Crippen molar-refractivity contribution in [2.24, 2.45) is 0 Å². The molecule has 2 heterocycles. The lowest BCUT2D eigenvalue weighted by molar-refractivity contribution is 0.412. The summed E-state index contributed by atoms with van der Waals surface area (Å²) in [4.78, 5) is 0. The summed E-state index contributed by atoms with van der Waals surface area (Å²) in [5, 5.41) is 0. The monoisotopic (exact) mass is 252 g/mol. The zero-order chi connectivity index (χ0) is 13.4. The van der Waals surface area contributed by atoms with Crippen LogP contribution < -0.4 is 10.5 Å². The van der Waals surface area contributed by atoms with Crippen LogP contribution in [-0.4, -0.2) is 11.5 Å². The van der Waals surface area contributed by atoms with E-state index >= 15 is 0 Å². The van der Waals surface area contributed by atoms with E-state index < -0.39 is 0 Å². The molecule has 3 nitrogen and oxygen atoms in total. The Labute approximate surface area is 112 Å². The molecule has 0 saturated heterocycles. The van der Waals surface area contributed by atoms with Crippen LogP contribution in [0.15, 0.2) is 48.8 Å². The summed E-state index contributed by atoms with van der Waals surface area (Å²) in [5.41, 5.74) is 11.4. The molecule has 96 valence electrons. The number of nitrogens with two attached hydrogens (primary N) is 1. The normalized spacial score (nSPS) is 10.8. The largest absolute Gasteiger partial charge is 0.496 e. The molecule has 0 bridgehead atoms. The number of ether oxygens (including phenoxy) is 1. The van der Waals surface area contributed by atoms with Crippen molar-refractivity contribution in [2.45, 2.75) is 6.92 Å². The lowest BCUT2D eigenvalue weighted by Gasteiger charge is -2.07. The lowest BCUT2D eigenvalue weighted by Crippen LogP contribution is -1.89. The Morgan fingerprint density at radius 3 is 2.68 bits per heavy atom. The number of benzene rings is 1. The molecular formula is C16H16N2O. The summed E-state index contributed by atoms with van der Waals surface area (Å²) < 4.78 is 7.33. The first kappa shape index (κ1) is 11.7. The van der Waals surface area contributed by atoms with E-state index in [1.54, 1.807) is 7.11 Å². The Morgan fingerprint density at radius 2 is 2.00 bits per heavy atom. The Kier molecular flexibility index (Phi) is 2.67. The van der Waals surface area contributed by atoms with Gasteiger partial charge in [0.1, 0.15) is 5.75 Å². The second kappa shape index (κ2) is 4.35. The summed E-state index contributed by atoms with van der Waals surface area (Å²) in [6.07, 6.45) is 4.07. The molecule has 2 aromatic heterocycles. The van der Waals surface area contributed by atoms with E-state index in [2.05, 4.69) is 12.3 Å². The van der Waals surface area contributed by atoms with Crippen molar-refractivity contribution in [1.29, 1.82) is 0 Å². The molecule has 0 radical (unpaired) electrons. The average molecular weight is 252 g/mol. The van der Waals surface area contributed by atoms with Crippen LogP contribution in [0.5, 0.6) is 5.75 Å². The highest BCUT2D eigenvalue weighted by Crippen LogP contribution is 2.33. The number of anilines is 1. The molecule has 1 aromatic carbocycles. The Balaban J connectivity index is 2.19. The van der Waals surface area contributed by atoms with Crippen molar-refractivity contribution in [1.82, 2.24) is 4.40 Å². The van der Waals surface area contributed by atoms with Gasteiger partial charge in [0.2, 0.25) is 0 Å². The third-order valence-corrected chi connectivity index (χ3v) is 3.43. The van der Waals surface area contributed by atoms with Gasteiger partial charge in [-0.15, -0.1) is 0 Å². The molecule has 0 amide bonds. The number of nitrogens with zero attached hydrogens (tertiary/aromatic N) is 1. The molecule has 19 heavy (non-hydrogen) atoms. The van der Waals surface area contributed by atoms with E-state index in [1.165, 1.54) is 0 Å². The molecule has 0 aliphatic rings. The minimum Gasteiger partial charge on any atom is -0.496 e. The topological polar surface area (TPSA) is 39.7 Å². The van der Waals surface area contributed by atoms with Crippen molar-refractivity contribution >= 4 is 11.2 Å². The SMILES string of the molecule is COc1ccc(-c2cn3ccccc3c2N)cc1C. The van der Waals surface area contributed by atoms with Crippen LogP contribution in [0, 0.1) is 6.92 Å². The molecule has 0 saturated carbocycles. The van der Waals surface area contributed by atoms with Crippen LogP contribution in [0.4, 0.5) is 5.69 Å². The smallest absolute Gasteiger partial charge is 0.121 e. The van der Waals surface area contributed by atoms with Gasteiger partial charge in [-0.25, -0.2) is 0 Å². The van der Waals surface area contributed by atoms with Crippen LogP contribution in [0.1, 0.15) is 5.56 Å². The first-order chi connectivity index (χ1) is 9.20. The van der Waals surface area contributed by atoms with Crippen molar-refractivity contribution in [2.75, 3.05) is 12.8 Å². The second-order valence-corrected chi connectivity index (χ2v) is 4.63. The minimum absolute atomic E-state index is 0.810. The zero-order valence-electron chi connectivity index (χ0n) is 11.1. The van der Waals surface area contributed by atoms with Crippen LogP contribution in [-0.2, 0) is 0 Å². The summed E-state index contributed by atoms with van der Waals surface area (Å²) in [7, 11) is 1.68. The molecule has 0 aliphatic carbocycles. The maximum Gasteiger partial charge on any atom is 0.121 e. The van der Waals surface area contributed by atoms with Crippen molar-refractivity contribution in [3.63, 3.8) is 0 Å². The minimum atomic E-state index is 0.810. The molecule has 0 unspecified atom stereocenters. The Hall–Kier alpha value is -2.42. The van der Waals surface area contributed by atoms with Crippen molar-refractivity contribution in [3.8, 4) is 16.9 Å². The highest BCUT2D eigenvalue weighted by molar-refractivity contribution is 5.88. The highest BCUT2D eigenvalue weighted by atomic mass is 16.5. The van der Waals surface area contributed by atoms with Gasteiger partial charge < -0.3 is 14.9 Å². The molecule has 0 aliphatic heterocycles. The van der Waals surface area contributed by atoms with Gasteiger partial charge in [0.15, 0.2) is 0 Å². The summed E-state index contributed by atoms with van der Waals surface area (Å²) in [6, 6.07) is 12.1. The predicted octanol–water partition coefficient (Wildman–Crippen LogP) is 3.51. The van der Waals surface area contributed by atoms with Gasteiger partial charge in [0, 0.05) is 18.0 Å². The molecule has 3 rings (SSSR count). The van der Waals surface area contributed by atoms with Crippen LogP contribution >= 0.6 is 0 Å². The molecule has 0 spiro atoms. The number of hydrogen-bond donors (Lipinski definition) is 1. The maximum atomic E-state index is 6.24. The fourth-order valence-corrected chi connectivity index (χ4v) is 2.42. The van der Waals surface area contributed by atoms with Crippen molar-refractivity contribution in [3.05, 3.63) is 54.4 Å². The third-order valence-electron chi connectivity index (χ3n) is 3.43. The fourth-order valence-electron chi connectivity index (χ4n) is 2.42. The number of fused-ring (bicyclic) bond motifs is 1. The standard InChI is InChI=1S/C16H16N2O/c1-11-9-12(6-7-15(11)19-2)13-10-18-8-4-3-5-14(18)16(13)17/h3-10H,17H2,1-2H3. The van der Waals surface area contributed by atoms with Gasteiger partial charge in [-0.05, 0) is 42.3 Å². The molecule has 0 fully saturated rings. The number of hydrogen-bond acceptors (Lipinski definition) is 2. The zero-order valence-corrected chi connectivity index (χ0v) is 11.1. The quantitative estimate of drug-likeness (QED) is 0.758. The van der Waals surface area contributed by atoms with Gasteiger partial charge >= 0.3 is 0 Å². The fraction of sp³-hybridized carbons (Fsp3) is 0.125. The number of pyridine rings is 1. The summed E-state index contributed by atoms with van der Waals surface area (Å²) in [5.74, 6) is 0.895. The summed E-state index contributed by atoms with van der Waals surface area (Å²) in [6.45, 7) is 2.04. The second-order valence-electron chi connectivity index (χ2n) is 4.63. The molecule has 2 N–H and O–H groups in total. The Bertz CT molecular complexity index is 744. The first-order valence-corrected chi connectivity index (χ1v) is 6.21. The van der Waals surface area contributed by atoms with Gasteiger partial charge in [0.05, 0.1) is 18.3 Å². The molecular weight excluding hydrogens is 236 g/mol. The van der Waals surface area contributed by atoms with Crippen LogP contribution in [0.3, 0.4) is 0 Å². The molecule has 0 atom stereocenters. The number of nitrogen functional groups attached to an aromatic ring is 1. The van der Waals surface area contributed by atoms with E-state index in [9.17, 15) is 0 Å². The van der Waals surface area contributed by atoms with E-state index in [0.717, 1.165) is 33.6 Å². The van der Waals surface area contributed by atoms with Crippen molar-refractivity contribution < 1.29 is 4.74 Å². The maximum absolute atomic E-state index is 6.24. The van der Waals surface area contributed by atoms with Gasteiger partial charge in [-0.2, -0.15) is 0 Å². The van der Waals surface area contributed by atoms with Crippen LogP contribution in [0.2, 0.25) is 0 Å². The van der Waals surface area contributed by atoms with E-state index in [-0.39, 0.29) is 0 Å². The van der Waals surface area contributed by atoms with E-state index in [1.807, 2.05) is 47.9 Å². The van der Waals surface area contributed by atoms with Gasteiger partial charge in [-0.1, -0.05) is 12.1 Å². The first-order valence-electron chi connectivity index (χ1n) is 6.21. The number of aryl methyl sites for hydroxylation is 1.